The smallest absolute Gasteiger partial charge is 0.408 e. The molecule has 0 rings (SSSR count). The van der Waals surface area contributed by atoms with E-state index in [1.807, 2.05) is 5.32 Å². The number of hydrogen-bond donors (Lipinski definition) is 2. The van der Waals surface area contributed by atoms with Crippen LogP contribution in [0.2, 0.25) is 0 Å². The van der Waals surface area contributed by atoms with E-state index in [2.05, 4.69) is 4.79 Å². The van der Waals surface area contributed by atoms with Crippen molar-refractivity contribution in [2.45, 2.75) is 38.8 Å². The van der Waals surface area contributed by atoms with Gasteiger partial charge in [-0.3, -0.25) is 4.79 Å². The molecule has 0 aromatic heterocycles. The Hall–Kier alpha value is -2.21. The molecule has 1 atom stereocenters. The van der Waals surface area contributed by atoms with Gasteiger partial charge >= 0.3 is 18.3 Å². The topological polar surface area (TPSA) is 129 Å². The Kier molecular flexibility index (Phi) is 5.71. The van der Waals surface area contributed by atoms with Gasteiger partial charge in [0.2, 0.25) is 5.78 Å². The molecule has 0 fully saturated rings. The lowest BCUT2D eigenvalue weighted by Gasteiger charge is -2.21. The Balaban J connectivity index is 4.55. The molecular weight excluding hydrogens is 242 g/mol. The van der Waals surface area contributed by atoms with Crippen LogP contribution in [0.25, 0.3) is 5.53 Å². The van der Waals surface area contributed by atoms with Crippen LogP contribution in [-0.4, -0.2) is 45.6 Å². The molecule has 8 heteroatoms. The molecule has 0 saturated heterocycles. The van der Waals surface area contributed by atoms with Gasteiger partial charge in [-0.25, -0.2) is 9.59 Å². The van der Waals surface area contributed by atoms with Crippen molar-refractivity contribution < 1.29 is 29.0 Å². The van der Waals surface area contributed by atoms with Gasteiger partial charge in [-0.1, -0.05) is 0 Å². The van der Waals surface area contributed by atoms with Gasteiger partial charge in [0.1, 0.15) is 11.6 Å². The van der Waals surface area contributed by atoms with Gasteiger partial charge in [0.25, 0.3) is 0 Å². The van der Waals surface area contributed by atoms with Gasteiger partial charge in [0.05, 0.1) is 0 Å². The Morgan fingerprint density at radius 2 is 2.00 bits per heavy atom. The number of Topliss-reactive ketones (excluding diaryl/α,β-unsaturated/α-hetero) is 1. The summed E-state index contributed by atoms with van der Waals surface area (Å²) in [4.78, 5) is 35.7. The molecule has 0 aliphatic heterocycles. The maximum atomic E-state index is 11.3. The van der Waals surface area contributed by atoms with Crippen molar-refractivity contribution in [2.75, 3.05) is 0 Å². The van der Waals surface area contributed by atoms with Gasteiger partial charge in [0, 0.05) is 6.42 Å². The fraction of sp³-hybridized carbons (Fsp3) is 0.600. The molecule has 18 heavy (non-hydrogen) atoms. The van der Waals surface area contributed by atoms with Crippen molar-refractivity contribution in [2.24, 2.45) is 0 Å². The minimum Gasteiger partial charge on any atom is -0.480 e. The fourth-order valence-electron chi connectivity index (χ4n) is 0.968. The van der Waals surface area contributed by atoms with Crippen LogP contribution in [0.1, 0.15) is 27.2 Å². The van der Waals surface area contributed by atoms with E-state index < -0.39 is 35.9 Å². The summed E-state index contributed by atoms with van der Waals surface area (Å²) in [6.45, 7) is 4.85. The van der Waals surface area contributed by atoms with Crippen molar-refractivity contribution in [3.05, 3.63) is 5.53 Å². The first-order valence-corrected chi connectivity index (χ1v) is 5.08. The molecule has 0 saturated carbocycles. The fourth-order valence-corrected chi connectivity index (χ4v) is 0.968. The molecule has 1 amide bonds. The number of aliphatic carboxylic acids is 1. The standard InChI is InChI=1S/C10H15N3O5/c1-10(2,3)18-9(17)13-7(8(15)16)4-6(14)5-12-11/h5,7H,4H2,1-3H3,(H,13,17)(H,15,16). The van der Waals surface area contributed by atoms with E-state index in [0.717, 1.165) is 0 Å². The molecule has 0 bridgehead atoms. The number of carboxylic acid groups (broad SMARTS) is 1. The lowest BCUT2D eigenvalue weighted by Crippen LogP contribution is -2.44. The summed E-state index contributed by atoms with van der Waals surface area (Å²) in [6, 6.07) is -1.44. The third-order valence-electron chi connectivity index (χ3n) is 1.60. The van der Waals surface area contributed by atoms with E-state index in [4.69, 9.17) is 15.4 Å². The van der Waals surface area contributed by atoms with Gasteiger partial charge in [-0.15, -0.1) is 0 Å². The Bertz CT molecular complexity index is 393. The Morgan fingerprint density at radius 3 is 2.39 bits per heavy atom. The average Bonchev–Trinajstić information content (AvgIpc) is 2.13. The molecule has 0 radical (unpaired) electrons. The van der Waals surface area contributed by atoms with Crippen LogP contribution in [0.5, 0.6) is 0 Å². The van der Waals surface area contributed by atoms with Crippen LogP contribution in [-0.2, 0) is 14.3 Å². The third-order valence-corrected chi connectivity index (χ3v) is 1.60. The summed E-state index contributed by atoms with van der Waals surface area (Å²) in [7, 11) is 0. The van der Waals surface area contributed by atoms with Gasteiger partial charge in [-0.05, 0) is 20.8 Å². The molecular formula is C10H15N3O5. The highest BCUT2D eigenvalue weighted by atomic mass is 16.6. The summed E-state index contributed by atoms with van der Waals surface area (Å²) < 4.78 is 4.85. The van der Waals surface area contributed by atoms with Crippen LogP contribution in [0, 0.1) is 0 Å². The molecule has 100 valence electrons. The molecule has 0 aromatic carbocycles. The second-order valence-electron chi connectivity index (χ2n) is 4.45. The first kappa shape index (κ1) is 15.8. The Labute approximate surface area is 104 Å². The predicted molar refractivity (Wildman–Crippen MR) is 60.1 cm³/mol. The molecule has 2 N–H and O–H groups in total. The maximum Gasteiger partial charge on any atom is 0.408 e. The number of hydrogen-bond acceptors (Lipinski definition) is 4. The zero-order valence-electron chi connectivity index (χ0n) is 10.3. The number of carboxylic acids is 1. The number of rotatable bonds is 5. The third kappa shape index (κ3) is 7.13. The summed E-state index contributed by atoms with van der Waals surface area (Å²) >= 11 is 0. The highest BCUT2D eigenvalue weighted by molar-refractivity contribution is 6.25. The van der Waals surface area contributed by atoms with E-state index in [0.29, 0.717) is 6.21 Å². The average molecular weight is 257 g/mol. The molecule has 0 heterocycles. The predicted octanol–water partition coefficient (Wildman–Crippen LogP) is 0.224. The van der Waals surface area contributed by atoms with Crippen LogP contribution >= 0.6 is 0 Å². The normalized spacial score (nSPS) is 11.9. The van der Waals surface area contributed by atoms with Crippen molar-refractivity contribution in [3.63, 3.8) is 0 Å². The molecule has 0 aliphatic rings. The van der Waals surface area contributed by atoms with Gasteiger partial charge in [-0.2, -0.15) is 4.79 Å². The largest absolute Gasteiger partial charge is 0.480 e. The molecule has 0 aromatic rings. The summed E-state index contributed by atoms with van der Waals surface area (Å²) in [5.74, 6) is -2.12. The number of carbonyl (C=O) groups excluding carboxylic acids is 2. The lowest BCUT2D eigenvalue weighted by atomic mass is 10.1. The van der Waals surface area contributed by atoms with Crippen LogP contribution in [0.15, 0.2) is 0 Å². The van der Waals surface area contributed by atoms with E-state index >= 15 is 0 Å². The quantitative estimate of drug-likeness (QED) is 0.413. The number of nitrogens with one attached hydrogen (secondary N) is 1. The van der Waals surface area contributed by atoms with Crippen LogP contribution < -0.4 is 5.32 Å². The summed E-state index contributed by atoms with van der Waals surface area (Å²) in [6.07, 6.45) is -0.908. The second kappa shape index (κ2) is 6.51. The number of carbonyl (C=O) groups is 3. The van der Waals surface area contributed by atoms with Crippen molar-refractivity contribution in [1.82, 2.24) is 5.32 Å². The van der Waals surface area contributed by atoms with Crippen LogP contribution in [0.4, 0.5) is 4.79 Å². The van der Waals surface area contributed by atoms with Crippen LogP contribution in [0.3, 0.4) is 0 Å². The highest BCUT2D eigenvalue weighted by Gasteiger charge is 2.26. The SMILES string of the molecule is CC(C)(C)OC(=O)NC(CC(=O)C=[N+]=[N-])C(=O)O. The van der Waals surface area contributed by atoms with E-state index in [-0.39, 0.29) is 0 Å². The zero-order chi connectivity index (χ0) is 14.3. The molecule has 0 spiro atoms. The van der Waals surface area contributed by atoms with E-state index in [9.17, 15) is 14.4 Å². The minimum atomic E-state index is -1.44. The van der Waals surface area contributed by atoms with Gasteiger partial charge in [0.15, 0.2) is 0 Å². The second-order valence-corrected chi connectivity index (χ2v) is 4.45. The molecule has 8 nitrogen and oxygen atoms in total. The number of alkyl carbamates (subject to hydrolysis) is 1. The van der Waals surface area contributed by atoms with E-state index in [1.165, 1.54) is 0 Å². The van der Waals surface area contributed by atoms with E-state index in [1.54, 1.807) is 20.8 Å². The first-order chi connectivity index (χ1) is 8.15. The summed E-state index contributed by atoms with van der Waals surface area (Å²) in [5, 5.41) is 10.8. The minimum absolute atomic E-state index is 0.529. The maximum absolute atomic E-state index is 11.3. The number of amides is 1. The van der Waals surface area contributed by atoms with Crippen molar-refractivity contribution in [3.8, 4) is 0 Å². The number of ether oxygens (including phenoxy) is 1. The molecule has 1 unspecified atom stereocenters. The first-order valence-electron chi connectivity index (χ1n) is 5.08. The number of ketones is 1. The lowest BCUT2D eigenvalue weighted by molar-refractivity contribution is -0.140. The molecule has 0 aliphatic carbocycles. The zero-order valence-corrected chi connectivity index (χ0v) is 10.3. The van der Waals surface area contributed by atoms with Crippen molar-refractivity contribution in [1.29, 1.82) is 0 Å². The summed E-state index contributed by atoms with van der Waals surface area (Å²) in [5.41, 5.74) is 7.34. The highest BCUT2D eigenvalue weighted by Crippen LogP contribution is 2.07. The van der Waals surface area contributed by atoms with Gasteiger partial charge < -0.3 is 20.7 Å². The van der Waals surface area contributed by atoms with Crippen molar-refractivity contribution >= 4 is 24.1 Å². The number of nitrogens with zero attached hydrogens (tertiary/aromatic N) is 2. The Morgan fingerprint density at radius 1 is 1.44 bits per heavy atom. The monoisotopic (exact) mass is 257 g/mol.